The van der Waals surface area contributed by atoms with Gasteiger partial charge in [-0.1, -0.05) is 5.16 Å². The number of oxime groups is 1. The molecule has 88 valence electrons. The van der Waals surface area contributed by atoms with Gasteiger partial charge in [0.05, 0.1) is 11.4 Å². The smallest absolute Gasteiger partial charge is 0.187 e. The molecule has 3 N–H and O–H groups in total. The van der Waals surface area contributed by atoms with Crippen LogP contribution in [0, 0.1) is 6.92 Å². The van der Waals surface area contributed by atoms with E-state index in [4.69, 9.17) is 10.9 Å². The summed E-state index contributed by atoms with van der Waals surface area (Å²) in [7, 11) is 0. The minimum atomic E-state index is 0.0531. The third-order valence-electron chi connectivity index (χ3n) is 2.37. The third kappa shape index (κ3) is 2.16. The summed E-state index contributed by atoms with van der Waals surface area (Å²) in [6, 6.07) is 7.33. The van der Waals surface area contributed by atoms with E-state index in [1.807, 2.05) is 31.3 Å². The fourth-order valence-corrected chi connectivity index (χ4v) is 1.73. The summed E-state index contributed by atoms with van der Waals surface area (Å²) in [6.45, 7) is 1.90. The Morgan fingerprint density at radius 2 is 2.24 bits per heavy atom. The zero-order chi connectivity index (χ0) is 12.4. The molecule has 0 fully saturated rings. The van der Waals surface area contributed by atoms with Crippen molar-refractivity contribution in [1.82, 2.24) is 9.55 Å². The lowest BCUT2D eigenvalue weighted by atomic mass is 10.3. The summed E-state index contributed by atoms with van der Waals surface area (Å²) in [5.41, 5.74) is 7.06. The van der Waals surface area contributed by atoms with Crippen LogP contribution in [-0.4, -0.2) is 20.6 Å². The average molecular weight is 295 g/mol. The van der Waals surface area contributed by atoms with Crippen LogP contribution in [0.2, 0.25) is 0 Å². The minimum Gasteiger partial charge on any atom is -0.409 e. The Kier molecular flexibility index (Phi) is 3.14. The molecule has 2 rings (SSSR count). The minimum absolute atomic E-state index is 0.0531. The van der Waals surface area contributed by atoms with Gasteiger partial charge in [-0.25, -0.2) is 4.98 Å². The molecule has 0 aliphatic carbocycles. The number of aromatic nitrogens is 2. The Bertz CT molecular complexity index is 577. The average Bonchev–Trinajstić information content (AvgIpc) is 2.80. The Labute approximate surface area is 107 Å². The van der Waals surface area contributed by atoms with Crippen molar-refractivity contribution in [1.29, 1.82) is 0 Å². The first kappa shape index (κ1) is 11.7. The van der Waals surface area contributed by atoms with Gasteiger partial charge >= 0.3 is 0 Å². The number of hydrogen-bond acceptors (Lipinski definition) is 3. The quantitative estimate of drug-likeness (QED) is 0.385. The van der Waals surface area contributed by atoms with Crippen molar-refractivity contribution in [2.45, 2.75) is 6.92 Å². The number of hydrogen-bond donors (Lipinski definition) is 2. The third-order valence-corrected chi connectivity index (χ3v) is 3.21. The number of pyridine rings is 1. The van der Waals surface area contributed by atoms with Gasteiger partial charge < -0.3 is 10.9 Å². The maximum atomic E-state index is 8.70. The molecule has 0 aliphatic rings. The van der Waals surface area contributed by atoms with Gasteiger partial charge in [-0.05, 0) is 47.1 Å². The van der Waals surface area contributed by atoms with Crippen LogP contribution in [0.4, 0.5) is 0 Å². The van der Waals surface area contributed by atoms with E-state index in [-0.39, 0.29) is 5.84 Å². The van der Waals surface area contributed by atoms with Crippen LogP contribution in [0.1, 0.15) is 11.4 Å². The molecule has 0 aliphatic heterocycles. The number of rotatable bonds is 2. The number of nitrogens with two attached hydrogens (primary N) is 1. The van der Waals surface area contributed by atoms with E-state index in [2.05, 4.69) is 26.1 Å². The van der Waals surface area contributed by atoms with Gasteiger partial charge in [0, 0.05) is 10.7 Å². The molecule has 5 nitrogen and oxygen atoms in total. The lowest BCUT2D eigenvalue weighted by Crippen LogP contribution is -2.17. The second kappa shape index (κ2) is 4.58. The predicted octanol–water partition coefficient (Wildman–Crippen LogP) is 2.04. The SMILES string of the molecule is Cc1nc(-n2cccc2/C(N)=N/O)ccc1Br. The molecule has 0 aromatic carbocycles. The number of nitrogens with zero attached hydrogens (tertiary/aromatic N) is 3. The molecule has 0 saturated heterocycles. The van der Waals surface area contributed by atoms with Crippen molar-refractivity contribution in [2.24, 2.45) is 10.9 Å². The van der Waals surface area contributed by atoms with E-state index in [1.165, 1.54) is 0 Å². The van der Waals surface area contributed by atoms with Crippen LogP contribution in [-0.2, 0) is 0 Å². The van der Waals surface area contributed by atoms with E-state index in [0.29, 0.717) is 5.69 Å². The highest BCUT2D eigenvalue weighted by atomic mass is 79.9. The highest BCUT2D eigenvalue weighted by Crippen LogP contribution is 2.17. The van der Waals surface area contributed by atoms with Crippen LogP contribution in [0.25, 0.3) is 5.82 Å². The van der Waals surface area contributed by atoms with Gasteiger partial charge in [0.15, 0.2) is 5.84 Å². The summed E-state index contributed by atoms with van der Waals surface area (Å²) >= 11 is 3.39. The van der Waals surface area contributed by atoms with Gasteiger partial charge in [-0.2, -0.15) is 0 Å². The largest absolute Gasteiger partial charge is 0.409 e. The molecule has 0 saturated carbocycles. The standard InChI is InChI=1S/C11H11BrN4O/c1-7-8(12)4-5-10(14-7)16-6-2-3-9(16)11(13)15-17/h2-6,17H,1H3,(H2,13,15). The van der Waals surface area contributed by atoms with Crippen molar-refractivity contribution in [3.8, 4) is 5.82 Å². The number of halogens is 1. The van der Waals surface area contributed by atoms with Crippen molar-refractivity contribution in [3.05, 3.63) is 46.3 Å². The zero-order valence-corrected chi connectivity index (χ0v) is 10.7. The Hall–Kier alpha value is -1.82. The molecule has 0 amide bonds. The van der Waals surface area contributed by atoms with Gasteiger partial charge in [-0.15, -0.1) is 0 Å². The van der Waals surface area contributed by atoms with Crippen molar-refractivity contribution in [3.63, 3.8) is 0 Å². The summed E-state index contributed by atoms with van der Waals surface area (Å²) in [6.07, 6.45) is 1.81. The lowest BCUT2D eigenvalue weighted by molar-refractivity contribution is 0.318. The van der Waals surface area contributed by atoms with E-state index < -0.39 is 0 Å². The zero-order valence-electron chi connectivity index (χ0n) is 9.13. The van der Waals surface area contributed by atoms with E-state index in [9.17, 15) is 0 Å². The van der Waals surface area contributed by atoms with Crippen LogP contribution in [0.15, 0.2) is 40.1 Å². The number of aryl methyl sites for hydroxylation is 1. The van der Waals surface area contributed by atoms with Crippen LogP contribution in [0.3, 0.4) is 0 Å². The normalized spacial score (nSPS) is 11.8. The van der Waals surface area contributed by atoms with Gasteiger partial charge in [0.1, 0.15) is 5.82 Å². The molecular formula is C11H11BrN4O. The van der Waals surface area contributed by atoms with Crippen LogP contribution >= 0.6 is 15.9 Å². The van der Waals surface area contributed by atoms with Crippen LogP contribution in [0.5, 0.6) is 0 Å². The molecule has 2 aromatic rings. The maximum absolute atomic E-state index is 8.70. The molecule has 17 heavy (non-hydrogen) atoms. The second-order valence-electron chi connectivity index (χ2n) is 3.49. The van der Waals surface area contributed by atoms with E-state index in [1.54, 1.807) is 10.6 Å². The highest BCUT2D eigenvalue weighted by molar-refractivity contribution is 9.10. The van der Waals surface area contributed by atoms with E-state index >= 15 is 0 Å². The van der Waals surface area contributed by atoms with Gasteiger partial charge in [-0.3, -0.25) is 4.57 Å². The Balaban J connectivity index is 2.54. The molecule has 0 atom stereocenters. The summed E-state index contributed by atoms with van der Waals surface area (Å²) in [5, 5.41) is 11.7. The van der Waals surface area contributed by atoms with E-state index in [0.717, 1.165) is 16.0 Å². The first-order valence-electron chi connectivity index (χ1n) is 4.92. The molecule has 0 unspecified atom stereocenters. The Morgan fingerprint density at radius 1 is 1.47 bits per heavy atom. The monoisotopic (exact) mass is 294 g/mol. The fourth-order valence-electron chi connectivity index (χ4n) is 1.51. The Morgan fingerprint density at radius 3 is 2.88 bits per heavy atom. The van der Waals surface area contributed by atoms with Crippen molar-refractivity contribution >= 4 is 21.8 Å². The topological polar surface area (TPSA) is 76.4 Å². The summed E-state index contributed by atoms with van der Waals surface area (Å²) in [4.78, 5) is 4.42. The van der Waals surface area contributed by atoms with Crippen LogP contribution < -0.4 is 5.73 Å². The molecule has 0 radical (unpaired) electrons. The van der Waals surface area contributed by atoms with Gasteiger partial charge in [0.2, 0.25) is 0 Å². The fraction of sp³-hybridized carbons (Fsp3) is 0.0909. The first-order valence-corrected chi connectivity index (χ1v) is 5.71. The summed E-state index contributed by atoms with van der Waals surface area (Å²) < 4.78 is 2.70. The molecular weight excluding hydrogens is 284 g/mol. The first-order chi connectivity index (χ1) is 8.13. The van der Waals surface area contributed by atoms with Crippen molar-refractivity contribution < 1.29 is 5.21 Å². The molecule has 0 bridgehead atoms. The second-order valence-corrected chi connectivity index (χ2v) is 4.34. The number of amidine groups is 1. The summed E-state index contributed by atoms with van der Waals surface area (Å²) in [5.74, 6) is 0.773. The molecule has 0 spiro atoms. The highest BCUT2D eigenvalue weighted by Gasteiger charge is 2.09. The van der Waals surface area contributed by atoms with Crippen molar-refractivity contribution in [2.75, 3.05) is 0 Å². The lowest BCUT2D eigenvalue weighted by Gasteiger charge is -2.08. The predicted molar refractivity (Wildman–Crippen MR) is 68.5 cm³/mol. The molecule has 2 heterocycles. The van der Waals surface area contributed by atoms with Gasteiger partial charge in [0.25, 0.3) is 0 Å². The molecule has 6 heteroatoms. The maximum Gasteiger partial charge on any atom is 0.187 e. The molecule has 2 aromatic heterocycles.